The van der Waals surface area contributed by atoms with Gasteiger partial charge < -0.3 is 10.1 Å². The molecule has 4 nitrogen and oxygen atoms in total. The van der Waals surface area contributed by atoms with Crippen LogP contribution in [-0.2, 0) is 14.9 Å². The SMILES string of the molecule is COC(=O)C1=C2NC(=O)c3ccccc3C2(c2ccccc2)CC1. The summed E-state index contributed by atoms with van der Waals surface area (Å²) < 4.78 is 4.94. The van der Waals surface area contributed by atoms with Gasteiger partial charge in [-0.1, -0.05) is 48.5 Å². The minimum atomic E-state index is -0.505. The third-order valence-corrected chi connectivity index (χ3v) is 5.05. The Balaban J connectivity index is 2.05. The average molecular weight is 319 g/mol. The van der Waals surface area contributed by atoms with Gasteiger partial charge in [-0.15, -0.1) is 0 Å². The molecule has 1 aliphatic carbocycles. The molecule has 4 rings (SSSR count). The Morgan fingerprint density at radius 3 is 2.54 bits per heavy atom. The van der Waals surface area contributed by atoms with E-state index in [9.17, 15) is 9.59 Å². The highest BCUT2D eigenvalue weighted by molar-refractivity contribution is 6.02. The third-order valence-electron chi connectivity index (χ3n) is 5.05. The number of carbonyl (C=O) groups excluding carboxylic acids is 2. The molecule has 0 saturated carbocycles. The topological polar surface area (TPSA) is 55.4 Å². The van der Waals surface area contributed by atoms with Gasteiger partial charge in [-0.05, 0) is 30.0 Å². The van der Waals surface area contributed by atoms with Crippen LogP contribution in [0.3, 0.4) is 0 Å². The highest BCUT2D eigenvalue weighted by Gasteiger charge is 2.50. The maximum Gasteiger partial charge on any atom is 0.335 e. The fourth-order valence-electron chi connectivity index (χ4n) is 4.00. The van der Waals surface area contributed by atoms with Crippen LogP contribution in [0.5, 0.6) is 0 Å². The average Bonchev–Trinajstić information content (AvgIpc) is 3.02. The van der Waals surface area contributed by atoms with E-state index in [1.807, 2.05) is 42.5 Å². The predicted octanol–water partition coefficient (Wildman–Crippen LogP) is 2.94. The van der Waals surface area contributed by atoms with Crippen molar-refractivity contribution >= 4 is 11.9 Å². The summed E-state index contributed by atoms with van der Waals surface area (Å²) in [6, 6.07) is 17.7. The number of ether oxygens (including phenoxy) is 1. The molecule has 2 aromatic carbocycles. The summed E-state index contributed by atoms with van der Waals surface area (Å²) >= 11 is 0. The molecule has 4 heteroatoms. The maximum absolute atomic E-state index is 12.6. The Kier molecular flexibility index (Phi) is 3.27. The quantitative estimate of drug-likeness (QED) is 0.866. The molecule has 2 aliphatic rings. The molecule has 0 radical (unpaired) electrons. The number of nitrogens with one attached hydrogen (secondary N) is 1. The number of esters is 1. The van der Waals surface area contributed by atoms with Crippen molar-refractivity contribution in [2.24, 2.45) is 0 Å². The number of amides is 1. The van der Waals surface area contributed by atoms with E-state index >= 15 is 0 Å². The van der Waals surface area contributed by atoms with Gasteiger partial charge in [0.25, 0.3) is 5.91 Å². The monoisotopic (exact) mass is 319 g/mol. The van der Waals surface area contributed by atoms with Crippen LogP contribution in [-0.4, -0.2) is 19.0 Å². The number of hydrogen-bond acceptors (Lipinski definition) is 3. The van der Waals surface area contributed by atoms with E-state index < -0.39 is 5.41 Å². The number of allylic oxidation sites excluding steroid dienone is 1. The molecule has 1 heterocycles. The van der Waals surface area contributed by atoms with Gasteiger partial charge in [0.2, 0.25) is 0 Å². The fraction of sp³-hybridized carbons (Fsp3) is 0.200. The summed E-state index contributed by atoms with van der Waals surface area (Å²) in [5, 5.41) is 2.98. The number of benzene rings is 2. The zero-order valence-corrected chi connectivity index (χ0v) is 13.3. The van der Waals surface area contributed by atoms with E-state index in [1.54, 1.807) is 0 Å². The van der Waals surface area contributed by atoms with Gasteiger partial charge in [0.05, 0.1) is 18.1 Å². The summed E-state index contributed by atoms with van der Waals surface area (Å²) in [6.45, 7) is 0. The maximum atomic E-state index is 12.6. The molecule has 1 aliphatic heterocycles. The predicted molar refractivity (Wildman–Crippen MR) is 89.4 cm³/mol. The molecule has 1 N–H and O–H groups in total. The molecule has 1 atom stereocenters. The van der Waals surface area contributed by atoms with Crippen molar-refractivity contribution < 1.29 is 14.3 Å². The van der Waals surface area contributed by atoms with E-state index in [4.69, 9.17) is 4.74 Å². The molecule has 0 aromatic heterocycles. The van der Waals surface area contributed by atoms with Crippen molar-refractivity contribution in [3.05, 3.63) is 82.6 Å². The molecule has 1 unspecified atom stereocenters. The first-order valence-electron chi connectivity index (χ1n) is 7.97. The fourth-order valence-corrected chi connectivity index (χ4v) is 4.00. The van der Waals surface area contributed by atoms with Crippen LogP contribution in [0.1, 0.15) is 34.3 Å². The van der Waals surface area contributed by atoms with Crippen LogP contribution in [0, 0.1) is 0 Å². The lowest BCUT2D eigenvalue weighted by Crippen LogP contribution is -2.44. The molecule has 0 fully saturated rings. The minimum absolute atomic E-state index is 0.171. The summed E-state index contributed by atoms with van der Waals surface area (Å²) in [5.74, 6) is -0.544. The van der Waals surface area contributed by atoms with Gasteiger partial charge in [0.15, 0.2) is 0 Å². The zero-order valence-electron chi connectivity index (χ0n) is 13.3. The first-order chi connectivity index (χ1) is 11.7. The molecule has 0 saturated heterocycles. The third kappa shape index (κ3) is 1.86. The van der Waals surface area contributed by atoms with Crippen molar-refractivity contribution in [1.29, 1.82) is 0 Å². The smallest absolute Gasteiger partial charge is 0.335 e. The minimum Gasteiger partial charge on any atom is -0.466 e. The van der Waals surface area contributed by atoms with E-state index in [1.165, 1.54) is 7.11 Å². The summed E-state index contributed by atoms with van der Waals surface area (Å²) in [6.07, 6.45) is 1.31. The molecule has 0 spiro atoms. The summed E-state index contributed by atoms with van der Waals surface area (Å²) in [4.78, 5) is 24.8. The lowest BCUT2D eigenvalue weighted by molar-refractivity contribution is -0.136. The van der Waals surface area contributed by atoms with Crippen molar-refractivity contribution in [2.75, 3.05) is 7.11 Å². The standard InChI is InChI=1S/C20H17NO3/c1-24-19(23)15-11-12-20(13-7-3-2-4-8-13)16-10-6-5-9-14(16)18(22)21-17(15)20/h2-10H,11-12H2,1H3,(H,21,22). The zero-order chi connectivity index (χ0) is 16.7. The number of carbonyl (C=O) groups is 2. The molecule has 1 amide bonds. The largest absolute Gasteiger partial charge is 0.466 e. The number of fused-ring (bicyclic) bond motifs is 3. The number of rotatable bonds is 2. The summed E-state index contributed by atoms with van der Waals surface area (Å²) in [7, 11) is 1.37. The highest BCUT2D eigenvalue weighted by Crippen LogP contribution is 2.52. The molecule has 2 aromatic rings. The molecular weight excluding hydrogens is 302 g/mol. The molecular formula is C20H17NO3. The van der Waals surface area contributed by atoms with Crippen molar-refractivity contribution in [1.82, 2.24) is 5.32 Å². The lowest BCUT2D eigenvalue weighted by Gasteiger charge is -2.39. The first-order valence-corrected chi connectivity index (χ1v) is 7.97. The van der Waals surface area contributed by atoms with Crippen LogP contribution in [0.4, 0.5) is 0 Å². The Morgan fingerprint density at radius 2 is 1.79 bits per heavy atom. The van der Waals surface area contributed by atoms with Crippen LogP contribution in [0.15, 0.2) is 65.9 Å². The lowest BCUT2D eigenvalue weighted by atomic mass is 9.68. The van der Waals surface area contributed by atoms with Crippen LogP contribution in [0.2, 0.25) is 0 Å². The Bertz CT molecular complexity index is 869. The van der Waals surface area contributed by atoms with E-state index in [0.29, 0.717) is 23.3 Å². The van der Waals surface area contributed by atoms with Gasteiger partial charge >= 0.3 is 5.97 Å². The van der Waals surface area contributed by atoms with Gasteiger partial charge in [0, 0.05) is 11.3 Å². The van der Waals surface area contributed by atoms with E-state index in [0.717, 1.165) is 17.5 Å². The normalized spacial score (nSPS) is 21.8. The Morgan fingerprint density at radius 1 is 1.08 bits per heavy atom. The summed E-state index contributed by atoms with van der Waals surface area (Å²) in [5.41, 5.74) is 3.42. The van der Waals surface area contributed by atoms with Crippen molar-refractivity contribution in [3.63, 3.8) is 0 Å². The van der Waals surface area contributed by atoms with Gasteiger partial charge in [-0.25, -0.2) is 4.79 Å². The molecule has 120 valence electrons. The van der Waals surface area contributed by atoms with Crippen LogP contribution < -0.4 is 5.32 Å². The van der Waals surface area contributed by atoms with E-state index in [-0.39, 0.29) is 11.9 Å². The van der Waals surface area contributed by atoms with Gasteiger partial charge in [-0.3, -0.25) is 4.79 Å². The number of hydrogen-bond donors (Lipinski definition) is 1. The van der Waals surface area contributed by atoms with Gasteiger partial charge in [0.1, 0.15) is 0 Å². The molecule has 0 bridgehead atoms. The van der Waals surface area contributed by atoms with Crippen LogP contribution >= 0.6 is 0 Å². The van der Waals surface area contributed by atoms with Crippen LogP contribution in [0.25, 0.3) is 0 Å². The second-order valence-electron chi connectivity index (χ2n) is 6.12. The van der Waals surface area contributed by atoms with Gasteiger partial charge in [-0.2, -0.15) is 0 Å². The van der Waals surface area contributed by atoms with E-state index in [2.05, 4.69) is 17.4 Å². The second kappa shape index (κ2) is 5.34. The Hall–Kier alpha value is -2.88. The Labute approximate surface area is 140 Å². The first kappa shape index (κ1) is 14.7. The van der Waals surface area contributed by atoms with Crippen molar-refractivity contribution in [2.45, 2.75) is 18.3 Å². The second-order valence-corrected chi connectivity index (χ2v) is 6.12. The highest BCUT2D eigenvalue weighted by atomic mass is 16.5. The van der Waals surface area contributed by atoms with Crippen molar-refractivity contribution in [3.8, 4) is 0 Å². The number of methoxy groups -OCH3 is 1. The molecule has 24 heavy (non-hydrogen) atoms.